The van der Waals surface area contributed by atoms with Crippen LogP contribution in [0.1, 0.15) is 5.56 Å². The Bertz CT molecular complexity index is 792. The second-order valence-corrected chi connectivity index (χ2v) is 4.85. The predicted octanol–water partition coefficient (Wildman–Crippen LogP) is 3.43. The first-order chi connectivity index (χ1) is 10.8. The molecule has 0 saturated heterocycles. The van der Waals surface area contributed by atoms with Gasteiger partial charge in [0.05, 0.1) is 7.11 Å². The first kappa shape index (κ1) is 14.3. The van der Waals surface area contributed by atoms with E-state index in [0.717, 1.165) is 17.7 Å². The van der Waals surface area contributed by atoms with Gasteiger partial charge in [0.25, 0.3) is 0 Å². The number of halogens is 1. The van der Waals surface area contributed by atoms with Crippen LogP contribution in [-0.4, -0.2) is 23.6 Å². The fraction of sp³-hybridized carbons (Fsp3) is 0.176. The van der Waals surface area contributed by atoms with Gasteiger partial charge in [-0.3, -0.25) is 0 Å². The lowest BCUT2D eigenvalue weighted by atomic mass is 10.1. The molecule has 0 aliphatic rings. The van der Waals surface area contributed by atoms with Crippen LogP contribution in [0.25, 0.3) is 10.9 Å². The normalized spacial score (nSPS) is 10.6. The summed E-state index contributed by atoms with van der Waals surface area (Å²) >= 11 is 0. The van der Waals surface area contributed by atoms with Crippen LogP contribution >= 0.6 is 0 Å². The van der Waals surface area contributed by atoms with Gasteiger partial charge in [-0.1, -0.05) is 24.3 Å². The van der Waals surface area contributed by atoms with E-state index in [-0.39, 0.29) is 5.82 Å². The summed E-state index contributed by atoms with van der Waals surface area (Å²) in [4.78, 5) is 8.19. The molecule has 112 valence electrons. The molecule has 0 aliphatic carbocycles. The van der Waals surface area contributed by atoms with Crippen molar-refractivity contribution < 1.29 is 9.13 Å². The number of fused-ring (bicyclic) bond motifs is 1. The highest BCUT2D eigenvalue weighted by Gasteiger charge is 2.07. The molecular weight excluding hydrogens is 281 g/mol. The van der Waals surface area contributed by atoms with Crippen molar-refractivity contribution in [3.05, 3.63) is 60.2 Å². The van der Waals surface area contributed by atoms with E-state index in [9.17, 15) is 4.39 Å². The number of nitrogens with zero attached hydrogens (tertiary/aromatic N) is 2. The molecule has 0 saturated carbocycles. The number of benzene rings is 2. The summed E-state index contributed by atoms with van der Waals surface area (Å²) < 4.78 is 19.0. The fourth-order valence-electron chi connectivity index (χ4n) is 2.42. The van der Waals surface area contributed by atoms with Crippen molar-refractivity contribution in [2.24, 2.45) is 0 Å². The molecular formula is C17H16FN3O. The van der Waals surface area contributed by atoms with Gasteiger partial charge in [0.15, 0.2) is 0 Å². The average Bonchev–Trinajstić information content (AvgIpc) is 2.56. The standard InChI is InChI=1S/C17H16FN3O/c1-22-15-8-3-2-5-12(15)9-10-19-17-13-6-4-7-14(18)16(13)20-11-21-17/h2-8,11H,9-10H2,1H3,(H,19,20,21). The Kier molecular flexibility index (Phi) is 4.14. The first-order valence-corrected chi connectivity index (χ1v) is 7.04. The lowest BCUT2D eigenvalue weighted by molar-refractivity contribution is 0.410. The molecule has 0 unspecified atom stereocenters. The number of aromatic nitrogens is 2. The van der Waals surface area contributed by atoms with E-state index in [4.69, 9.17) is 4.74 Å². The van der Waals surface area contributed by atoms with Crippen LogP contribution in [0.15, 0.2) is 48.8 Å². The average molecular weight is 297 g/mol. The number of hydrogen-bond donors (Lipinski definition) is 1. The van der Waals surface area contributed by atoms with Gasteiger partial charge in [0.1, 0.15) is 29.2 Å². The van der Waals surface area contributed by atoms with Crippen LogP contribution in [0.5, 0.6) is 5.75 Å². The van der Waals surface area contributed by atoms with E-state index in [1.54, 1.807) is 13.2 Å². The van der Waals surface area contributed by atoms with Gasteiger partial charge in [0, 0.05) is 11.9 Å². The number of anilines is 1. The molecule has 0 amide bonds. The third-order valence-electron chi connectivity index (χ3n) is 3.49. The number of para-hydroxylation sites is 2. The molecule has 22 heavy (non-hydrogen) atoms. The van der Waals surface area contributed by atoms with E-state index < -0.39 is 0 Å². The van der Waals surface area contributed by atoms with Crippen LogP contribution in [0.4, 0.5) is 10.2 Å². The summed E-state index contributed by atoms with van der Waals surface area (Å²) in [5.41, 5.74) is 1.44. The maximum Gasteiger partial charge on any atom is 0.149 e. The van der Waals surface area contributed by atoms with Gasteiger partial charge in [-0.25, -0.2) is 14.4 Å². The zero-order chi connectivity index (χ0) is 15.4. The molecule has 5 heteroatoms. The second kappa shape index (κ2) is 6.39. The highest BCUT2D eigenvalue weighted by Crippen LogP contribution is 2.22. The van der Waals surface area contributed by atoms with Crippen LogP contribution in [0.2, 0.25) is 0 Å². The van der Waals surface area contributed by atoms with Crippen molar-refractivity contribution in [1.82, 2.24) is 9.97 Å². The minimum Gasteiger partial charge on any atom is -0.496 e. The molecule has 0 aliphatic heterocycles. The number of rotatable bonds is 5. The zero-order valence-electron chi connectivity index (χ0n) is 12.2. The monoisotopic (exact) mass is 297 g/mol. The topological polar surface area (TPSA) is 47.0 Å². The van der Waals surface area contributed by atoms with Gasteiger partial charge < -0.3 is 10.1 Å². The van der Waals surface area contributed by atoms with Gasteiger partial charge in [0.2, 0.25) is 0 Å². The van der Waals surface area contributed by atoms with Gasteiger partial charge in [-0.05, 0) is 30.2 Å². The Hall–Kier alpha value is -2.69. The first-order valence-electron chi connectivity index (χ1n) is 7.04. The van der Waals surface area contributed by atoms with Crippen molar-refractivity contribution in [2.75, 3.05) is 19.0 Å². The zero-order valence-corrected chi connectivity index (χ0v) is 12.2. The Morgan fingerprint density at radius 1 is 1.09 bits per heavy atom. The van der Waals surface area contributed by atoms with Crippen LogP contribution in [0.3, 0.4) is 0 Å². The van der Waals surface area contributed by atoms with E-state index in [0.29, 0.717) is 23.3 Å². The predicted molar refractivity (Wildman–Crippen MR) is 84.7 cm³/mol. The highest BCUT2D eigenvalue weighted by atomic mass is 19.1. The molecule has 1 N–H and O–H groups in total. The van der Waals surface area contributed by atoms with E-state index in [1.807, 2.05) is 30.3 Å². The van der Waals surface area contributed by atoms with E-state index >= 15 is 0 Å². The number of nitrogens with one attached hydrogen (secondary N) is 1. The second-order valence-electron chi connectivity index (χ2n) is 4.85. The minimum absolute atomic E-state index is 0.331. The van der Waals surface area contributed by atoms with Crippen molar-refractivity contribution in [1.29, 1.82) is 0 Å². The fourth-order valence-corrected chi connectivity index (χ4v) is 2.42. The van der Waals surface area contributed by atoms with Crippen LogP contribution in [-0.2, 0) is 6.42 Å². The number of hydrogen-bond acceptors (Lipinski definition) is 4. The summed E-state index contributed by atoms with van der Waals surface area (Å²) in [5, 5.41) is 3.92. The largest absolute Gasteiger partial charge is 0.496 e. The number of methoxy groups -OCH3 is 1. The molecule has 4 nitrogen and oxygen atoms in total. The molecule has 1 aromatic heterocycles. The molecule has 0 fully saturated rings. The quantitative estimate of drug-likeness (QED) is 0.783. The molecule has 0 radical (unpaired) electrons. The Morgan fingerprint density at radius 3 is 2.82 bits per heavy atom. The van der Waals surface area contributed by atoms with E-state index in [2.05, 4.69) is 15.3 Å². The Morgan fingerprint density at radius 2 is 1.95 bits per heavy atom. The maximum absolute atomic E-state index is 13.7. The van der Waals surface area contributed by atoms with Crippen molar-refractivity contribution in [3.8, 4) is 5.75 Å². The third kappa shape index (κ3) is 2.83. The summed E-state index contributed by atoms with van der Waals surface area (Å²) in [5.74, 6) is 1.16. The van der Waals surface area contributed by atoms with Crippen molar-refractivity contribution >= 4 is 16.7 Å². The summed E-state index contributed by atoms with van der Waals surface area (Å²) in [6.07, 6.45) is 2.15. The SMILES string of the molecule is COc1ccccc1CCNc1ncnc2c(F)cccc12. The summed E-state index contributed by atoms with van der Waals surface area (Å²) in [6, 6.07) is 12.7. The lowest BCUT2D eigenvalue weighted by Gasteiger charge is -2.10. The van der Waals surface area contributed by atoms with Crippen LogP contribution < -0.4 is 10.1 Å². The molecule has 0 bridgehead atoms. The summed E-state index contributed by atoms with van der Waals surface area (Å²) in [7, 11) is 1.66. The van der Waals surface area contributed by atoms with Gasteiger partial charge >= 0.3 is 0 Å². The Balaban J connectivity index is 1.76. The van der Waals surface area contributed by atoms with Gasteiger partial charge in [-0.15, -0.1) is 0 Å². The van der Waals surface area contributed by atoms with Crippen molar-refractivity contribution in [3.63, 3.8) is 0 Å². The minimum atomic E-state index is -0.340. The highest BCUT2D eigenvalue weighted by molar-refractivity contribution is 5.89. The molecule has 2 aromatic carbocycles. The maximum atomic E-state index is 13.7. The smallest absolute Gasteiger partial charge is 0.149 e. The third-order valence-corrected chi connectivity index (χ3v) is 3.49. The lowest BCUT2D eigenvalue weighted by Crippen LogP contribution is -2.08. The molecule has 0 spiro atoms. The molecule has 3 aromatic rings. The molecule has 0 atom stereocenters. The Labute approximate surface area is 128 Å². The van der Waals surface area contributed by atoms with Crippen LogP contribution in [0, 0.1) is 5.82 Å². The molecule has 3 rings (SSSR count). The van der Waals surface area contributed by atoms with Gasteiger partial charge in [-0.2, -0.15) is 0 Å². The molecule has 1 heterocycles. The number of ether oxygens (including phenoxy) is 1. The van der Waals surface area contributed by atoms with E-state index in [1.165, 1.54) is 12.4 Å². The van der Waals surface area contributed by atoms with Crippen molar-refractivity contribution in [2.45, 2.75) is 6.42 Å². The summed E-state index contributed by atoms with van der Waals surface area (Å²) in [6.45, 7) is 0.670.